The van der Waals surface area contributed by atoms with Crippen molar-refractivity contribution in [1.29, 1.82) is 0 Å². The summed E-state index contributed by atoms with van der Waals surface area (Å²) in [5.74, 6) is -0.325. The van der Waals surface area contributed by atoms with Crippen molar-refractivity contribution in [1.82, 2.24) is 0 Å². The highest BCUT2D eigenvalue weighted by Gasteiger charge is 2.36. The Balaban J connectivity index is 4.45. The van der Waals surface area contributed by atoms with Crippen molar-refractivity contribution in [2.75, 3.05) is 7.11 Å². The number of esters is 1. The molecule has 0 saturated carbocycles. The molecule has 0 aliphatic heterocycles. The van der Waals surface area contributed by atoms with Gasteiger partial charge in [-0.25, -0.2) is 4.79 Å². The van der Waals surface area contributed by atoms with Gasteiger partial charge in [0.05, 0.1) is 0 Å². The predicted molar refractivity (Wildman–Crippen MR) is 64.1 cm³/mol. The van der Waals surface area contributed by atoms with Gasteiger partial charge < -0.3 is 9.16 Å². The third-order valence-electron chi connectivity index (χ3n) is 2.70. The largest absolute Gasteiger partial charge is 0.460 e. The highest BCUT2D eigenvalue weighted by atomic mass is 28.4. The molecule has 0 aromatic carbocycles. The molecule has 0 aromatic rings. The van der Waals surface area contributed by atoms with Gasteiger partial charge in [0.1, 0.15) is 5.73 Å². The molecule has 0 spiro atoms. The lowest BCUT2D eigenvalue weighted by Crippen LogP contribution is -2.47. The van der Waals surface area contributed by atoms with E-state index < -0.39 is 8.32 Å². The van der Waals surface area contributed by atoms with Crippen molar-refractivity contribution in [2.45, 2.75) is 45.5 Å². The van der Waals surface area contributed by atoms with Crippen molar-refractivity contribution in [2.24, 2.45) is 0 Å². The van der Waals surface area contributed by atoms with Gasteiger partial charge in [-0.05, 0) is 26.4 Å². The van der Waals surface area contributed by atoms with Crippen molar-refractivity contribution in [3.05, 3.63) is 12.2 Å². The molecule has 0 amide bonds. The van der Waals surface area contributed by atoms with Crippen LogP contribution >= 0.6 is 0 Å². The molecule has 2 unspecified atom stereocenters. The summed E-state index contributed by atoms with van der Waals surface area (Å²) in [7, 11) is -0.218. The average Bonchev–Trinajstić information content (AvgIpc) is 2.17. The highest BCUT2D eigenvalue weighted by Crippen LogP contribution is 2.20. The van der Waals surface area contributed by atoms with Crippen LogP contribution < -0.4 is 0 Å². The molecule has 2 atom stereocenters. The van der Waals surface area contributed by atoms with Gasteiger partial charge in [0.15, 0.2) is 0 Å². The molecule has 0 saturated heterocycles. The molecule has 0 fully saturated rings. The summed E-state index contributed by atoms with van der Waals surface area (Å²) in [6.07, 6.45) is 1.05. The molecule has 0 bridgehead atoms. The Morgan fingerprint density at radius 2 is 2.07 bits per heavy atom. The summed E-state index contributed by atoms with van der Waals surface area (Å²) in [5, 5.41) is 0. The second kappa shape index (κ2) is 6.08. The minimum Gasteiger partial charge on any atom is -0.460 e. The van der Waals surface area contributed by atoms with Crippen LogP contribution in [0, 0.1) is 0 Å². The minimum atomic E-state index is -1.92. The Morgan fingerprint density at radius 3 is 2.40 bits per heavy atom. The van der Waals surface area contributed by atoms with E-state index in [1.807, 2.05) is 6.92 Å². The molecular formula is C11H22O3Si. The van der Waals surface area contributed by atoms with Gasteiger partial charge in [0, 0.05) is 12.7 Å². The number of carbonyl (C=O) groups excluding carboxylic acids is 1. The van der Waals surface area contributed by atoms with Crippen LogP contribution in [0.15, 0.2) is 12.2 Å². The predicted octanol–water partition coefficient (Wildman–Crippen LogP) is 2.67. The summed E-state index contributed by atoms with van der Waals surface area (Å²) in [6, 6.07) is 0.994. The Bertz CT molecular complexity index is 240. The van der Waals surface area contributed by atoms with E-state index in [1.165, 1.54) is 0 Å². The van der Waals surface area contributed by atoms with Gasteiger partial charge in [0.25, 0.3) is 0 Å². The quantitative estimate of drug-likeness (QED) is 0.400. The van der Waals surface area contributed by atoms with Crippen LogP contribution in [-0.2, 0) is 14.0 Å². The SMILES string of the molecule is C=C(C)C(=O)OC(C)[Si](C)(CCC)OC. The van der Waals surface area contributed by atoms with E-state index in [0.29, 0.717) is 5.57 Å². The molecule has 88 valence electrons. The maximum absolute atomic E-state index is 11.4. The standard InChI is InChI=1S/C11H22O3Si/c1-7-8-15(6,13-5)10(4)14-11(12)9(2)3/h10H,2,7-8H2,1,3-6H3. The van der Waals surface area contributed by atoms with Gasteiger partial charge in [-0.3, -0.25) is 0 Å². The smallest absolute Gasteiger partial charge is 0.333 e. The third-order valence-corrected chi connectivity index (χ3v) is 6.97. The average molecular weight is 230 g/mol. The minimum absolute atomic E-state index is 0.133. The number of carbonyl (C=O) groups is 1. The number of hydrogen-bond acceptors (Lipinski definition) is 3. The summed E-state index contributed by atoms with van der Waals surface area (Å²) in [4.78, 5) is 11.4. The maximum atomic E-state index is 11.4. The molecule has 0 aliphatic carbocycles. The Labute approximate surface area is 93.6 Å². The van der Waals surface area contributed by atoms with Gasteiger partial charge in [-0.15, -0.1) is 0 Å². The van der Waals surface area contributed by atoms with Gasteiger partial charge in [-0.1, -0.05) is 19.9 Å². The van der Waals surface area contributed by atoms with E-state index in [1.54, 1.807) is 14.0 Å². The monoisotopic (exact) mass is 230 g/mol. The summed E-state index contributed by atoms with van der Waals surface area (Å²) < 4.78 is 10.9. The maximum Gasteiger partial charge on any atom is 0.333 e. The molecule has 0 radical (unpaired) electrons. The molecular weight excluding hydrogens is 208 g/mol. The van der Waals surface area contributed by atoms with Crippen molar-refractivity contribution >= 4 is 14.3 Å². The molecule has 3 nitrogen and oxygen atoms in total. The van der Waals surface area contributed by atoms with E-state index in [-0.39, 0.29) is 11.7 Å². The summed E-state index contributed by atoms with van der Waals surface area (Å²) in [5.41, 5.74) is 0.303. The van der Waals surface area contributed by atoms with Crippen LogP contribution in [0.1, 0.15) is 27.2 Å². The van der Waals surface area contributed by atoms with E-state index >= 15 is 0 Å². The zero-order chi connectivity index (χ0) is 12.1. The first kappa shape index (κ1) is 14.4. The summed E-state index contributed by atoms with van der Waals surface area (Å²) in [6.45, 7) is 11.3. The van der Waals surface area contributed by atoms with Crippen LogP contribution in [0.5, 0.6) is 0 Å². The lowest BCUT2D eigenvalue weighted by Gasteiger charge is -2.30. The second-order valence-corrected chi connectivity index (χ2v) is 8.44. The first-order valence-electron chi connectivity index (χ1n) is 5.29. The molecule has 0 aliphatic rings. The Morgan fingerprint density at radius 1 is 1.53 bits per heavy atom. The van der Waals surface area contributed by atoms with E-state index in [4.69, 9.17) is 9.16 Å². The summed E-state index contributed by atoms with van der Waals surface area (Å²) >= 11 is 0. The number of rotatable bonds is 6. The van der Waals surface area contributed by atoms with Gasteiger partial charge in [-0.2, -0.15) is 0 Å². The van der Waals surface area contributed by atoms with Crippen LogP contribution in [0.3, 0.4) is 0 Å². The van der Waals surface area contributed by atoms with Gasteiger partial charge in [0.2, 0.25) is 8.32 Å². The zero-order valence-electron chi connectivity index (χ0n) is 10.4. The highest BCUT2D eigenvalue weighted by molar-refractivity contribution is 6.73. The molecule has 0 rings (SSSR count). The van der Waals surface area contributed by atoms with Crippen LogP contribution in [0.25, 0.3) is 0 Å². The third kappa shape index (κ3) is 4.18. The van der Waals surface area contributed by atoms with E-state index in [9.17, 15) is 4.79 Å². The lowest BCUT2D eigenvalue weighted by molar-refractivity contribution is -0.141. The first-order chi connectivity index (χ1) is 6.87. The fourth-order valence-corrected chi connectivity index (χ4v) is 3.65. The first-order valence-corrected chi connectivity index (χ1v) is 7.98. The molecule has 0 aromatic heterocycles. The molecule has 15 heavy (non-hydrogen) atoms. The molecule has 0 heterocycles. The normalized spacial score (nSPS) is 16.6. The fraction of sp³-hybridized carbons (Fsp3) is 0.727. The van der Waals surface area contributed by atoms with Crippen LogP contribution in [0.4, 0.5) is 0 Å². The fourth-order valence-electron chi connectivity index (χ4n) is 1.35. The van der Waals surface area contributed by atoms with Crippen molar-refractivity contribution < 1.29 is 14.0 Å². The molecule has 0 N–H and O–H groups in total. The van der Waals surface area contributed by atoms with Crippen LogP contribution in [-0.4, -0.2) is 27.1 Å². The number of ether oxygens (including phenoxy) is 1. The van der Waals surface area contributed by atoms with Crippen molar-refractivity contribution in [3.63, 3.8) is 0 Å². The van der Waals surface area contributed by atoms with Crippen LogP contribution in [0.2, 0.25) is 12.6 Å². The number of hydrogen-bond donors (Lipinski definition) is 0. The van der Waals surface area contributed by atoms with Gasteiger partial charge >= 0.3 is 5.97 Å². The molecule has 4 heteroatoms. The topological polar surface area (TPSA) is 35.5 Å². The van der Waals surface area contributed by atoms with E-state index in [2.05, 4.69) is 20.0 Å². The Hall–Kier alpha value is -0.613. The Kier molecular flexibility index (Phi) is 5.83. The lowest BCUT2D eigenvalue weighted by atomic mass is 10.4. The zero-order valence-corrected chi connectivity index (χ0v) is 11.4. The van der Waals surface area contributed by atoms with Crippen molar-refractivity contribution in [3.8, 4) is 0 Å². The second-order valence-electron chi connectivity index (χ2n) is 4.09. The van der Waals surface area contributed by atoms with E-state index in [0.717, 1.165) is 12.5 Å².